The topological polar surface area (TPSA) is 45.8 Å². The molecule has 0 radical (unpaired) electrons. The minimum absolute atomic E-state index is 0.373. The number of rotatable bonds is 2. The summed E-state index contributed by atoms with van der Waals surface area (Å²) in [6.07, 6.45) is 3.05. The zero-order valence-electron chi connectivity index (χ0n) is 6.32. The number of aromatic nitrogens is 2. The van der Waals surface area contributed by atoms with E-state index in [4.69, 9.17) is 0 Å². The van der Waals surface area contributed by atoms with Crippen molar-refractivity contribution in [2.24, 2.45) is 0 Å². The molecule has 0 saturated carbocycles. The number of allylic oxidation sites excluding steroid dienone is 2. The summed E-state index contributed by atoms with van der Waals surface area (Å²) in [4.78, 5) is 16.8. The highest BCUT2D eigenvalue weighted by molar-refractivity contribution is 7.83. The van der Waals surface area contributed by atoms with Crippen molar-refractivity contribution < 1.29 is 0 Å². The van der Waals surface area contributed by atoms with Crippen molar-refractivity contribution in [3.05, 3.63) is 46.5 Å². The van der Waals surface area contributed by atoms with Gasteiger partial charge in [-0.3, -0.25) is 0 Å². The Hall–Kier alpha value is -1.29. The monoisotopic (exact) mass is 180 g/mol. The lowest BCUT2D eigenvalue weighted by Gasteiger charge is -1.97. The lowest BCUT2D eigenvalue weighted by atomic mass is 10.2. The van der Waals surface area contributed by atoms with Gasteiger partial charge >= 0.3 is 5.69 Å². The fourth-order valence-electron chi connectivity index (χ4n) is 0.769. The standard InChI is InChI=1S/C8H8N2OS/c1-2-6(5-12)7-3-4-9-8(11)10-7/h2-5,12H,1H2,(H,9,10,11)/b6-5+. The van der Waals surface area contributed by atoms with Crippen LogP contribution in [0, 0.1) is 0 Å². The van der Waals surface area contributed by atoms with Gasteiger partial charge in [0, 0.05) is 11.8 Å². The summed E-state index contributed by atoms with van der Waals surface area (Å²) >= 11 is 3.97. The Morgan fingerprint density at radius 1 is 1.75 bits per heavy atom. The van der Waals surface area contributed by atoms with Crippen molar-refractivity contribution in [2.45, 2.75) is 0 Å². The number of hydrogen-bond donors (Lipinski definition) is 2. The van der Waals surface area contributed by atoms with Gasteiger partial charge in [0.05, 0.1) is 5.69 Å². The Bertz CT molecular complexity index is 367. The van der Waals surface area contributed by atoms with Crippen molar-refractivity contribution in [2.75, 3.05) is 0 Å². The second-order valence-corrected chi connectivity index (χ2v) is 2.34. The van der Waals surface area contributed by atoms with Crippen molar-refractivity contribution in [1.82, 2.24) is 9.97 Å². The molecule has 1 aromatic rings. The predicted molar refractivity (Wildman–Crippen MR) is 52.0 cm³/mol. The molecule has 0 saturated heterocycles. The first-order chi connectivity index (χ1) is 5.77. The molecule has 0 unspecified atom stereocenters. The Balaban J connectivity index is 3.19. The molecule has 0 amide bonds. The SMILES string of the molecule is C=C/C(=C\S)c1ccnc(=O)[nH]1. The maximum Gasteiger partial charge on any atom is 0.345 e. The summed E-state index contributed by atoms with van der Waals surface area (Å²) in [6, 6.07) is 1.69. The van der Waals surface area contributed by atoms with Crippen molar-refractivity contribution in [3.8, 4) is 0 Å². The highest BCUT2D eigenvalue weighted by atomic mass is 32.1. The predicted octanol–water partition coefficient (Wildman–Crippen LogP) is 1.23. The van der Waals surface area contributed by atoms with Gasteiger partial charge in [-0.25, -0.2) is 9.78 Å². The molecule has 0 aromatic carbocycles. The molecule has 0 aliphatic rings. The lowest BCUT2D eigenvalue weighted by Crippen LogP contribution is -2.10. The minimum atomic E-state index is -0.373. The number of thiol groups is 1. The van der Waals surface area contributed by atoms with Gasteiger partial charge in [-0.2, -0.15) is 12.6 Å². The van der Waals surface area contributed by atoms with E-state index < -0.39 is 0 Å². The molecule has 1 rings (SSSR count). The molecule has 3 nitrogen and oxygen atoms in total. The molecule has 0 aliphatic heterocycles. The quantitative estimate of drug-likeness (QED) is 0.531. The van der Waals surface area contributed by atoms with Gasteiger partial charge < -0.3 is 4.98 Å². The molecule has 62 valence electrons. The second kappa shape index (κ2) is 3.92. The number of aromatic amines is 1. The van der Waals surface area contributed by atoms with E-state index in [0.717, 1.165) is 5.57 Å². The van der Waals surface area contributed by atoms with Gasteiger partial charge in [0.25, 0.3) is 0 Å². The summed E-state index contributed by atoms with van der Waals surface area (Å²) < 4.78 is 0. The maximum absolute atomic E-state index is 10.8. The third kappa shape index (κ3) is 1.85. The lowest BCUT2D eigenvalue weighted by molar-refractivity contribution is 1.06. The molecule has 1 N–H and O–H groups in total. The summed E-state index contributed by atoms with van der Waals surface area (Å²) in [6.45, 7) is 3.58. The smallest absolute Gasteiger partial charge is 0.305 e. The molecular formula is C8H8N2OS. The first-order valence-corrected chi connectivity index (χ1v) is 3.82. The van der Waals surface area contributed by atoms with Gasteiger partial charge in [0.15, 0.2) is 0 Å². The fraction of sp³-hybridized carbons (Fsp3) is 0. The zero-order chi connectivity index (χ0) is 8.97. The highest BCUT2D eigenvalue weighted by Crippen LogP contribution is 2.10. The average molecular weight is 180 g/mol. The summed E-state index contributed by atoms with van der Waals surface area (Å²) in [7, 11) is 0. The van der Waals surface area contributed by atoms with Gasteiger partial charge in [-0.1, -0.05) is 12.7 Å². The highest BCUT2D eigenvalue weighted by Gasteiger charge is 1.95. The average Bonchev–Trinajstić information content (AvgIpc) is 2.07. The third-order valence-electron chi connectivity index (χ3n) is 1.34. The molecule has 0 atom stereocenters. The van der Waals surface area contributed by atoms with Gasteiger partial charge in [0.2, 0.25) is 0 Å². The molecule has 1 heterocycles. The van der Waals surface area contributed by atoms with Crippen LogP contribution in [-0.4, -0.2) is 9.97 Å². The number of nitrogens with one attached hydrogen (secondary N) is 1. The Labute approximate surface area is 75.3 Å². The largest absolute Gasteiger partial charge is 0.345 e. The first-order valence-electron chi connectivity index (χ1n) is 3.30. The molecular weight excluding hydrogens is 172 g/mol. The van der Waals surface area contributed by atoms with E-state index in [2.05, 4.69) is 29.2 Å². The normalized spacial score (nSPS) is 11.2. The Kier molecular flexibility index (Phi) is 2.88. The first kappa shape index (κ1) is 8.80. The van der Waals surface area contributed by atoms with E-state index in [1.165, 1.54) is 6.20 Å². The fourth-order valence-corrected chi connectivity index (χ4v) is 1.01. The van der Waals surface area contributed by atoms with Crippen LogP contribution in [0.3, 0.4) is 0 Å². The molecule has 4 heteroatoms. The number of hydrogen-bond acceptors (Lipinski definition) is 3. The van der Waals surface area contributed by atoms with Crippen LogP contribution >= 0.6 is 12.6 Å². The number of H-pyrrole nitrogens is 1. The van der Waals surface area contributed by atoms with Crippen LogP contribution in [0.2, 0.25) is 0 Å². The van der Waals surface area contributed by atoms with Crippen LogP contribution in [0.15, 0.2) is 35.1 Å². The minimum Gasteiger partial charge on any atom is -0.305 e. The maximum atomic E-state index is 10.8. The van der Waals surface area contributed by atoms with Crippen LogP contribution in [0.1, 0.15) is 5.69 Å². The van der Waals surface area contributed by atoms with E-state index >= 15 is 0 Å². The van der Waals surface area contributed by atoms with Crippen molar-refractivity contribution >= 4 is 18.2 Å². The van der Waals surface area contributed by atoms with E-state index in [1.807, 2.05) is 0 Å². The summed E-state index contributed by atoms with van der Waals surface area (Å²) in [5, 5.41) is 1.57. The van der Waals surface area contributed by atoms with Crippen LogP contribution in [-0.2, 0) is 0 Å². The summed E-state index contributed by atoms with van der Waals surface area (Å²) in [5.41, 5.74) is 1.06. The van der Waals surface area contributed by atoms with Crippen molar-refractivity contribution in [1.29, 1.82) is 0 Å². The molecule has 0 spiro atoms. The number of nitrogens with zero attached hydrogens (tertiary/aromatic N) is 1. The summed E-state index contributed by atoms with van der Waals surface area (Å²) in [5.74, 6) is 0. The third-order valence-corrected chi connectivity index (χ3v) is 1.62. The molecule has 0 aliphatic carbocycles. The van der Waals surface area contributed by atoms with Crippen LogP contribution in [0.5, 0.6) is 0 Å². The van der Waals surface area contributed by atoms with Gasteiger partial charge in [-0.05, 0) is 11.5 Å². The van der Waals surface area contributed by atoms with Crippen LogP contribution < -0.4 is 5.69 Å². The Morgan fingerprint density at radius 3 is 3.00 bits per heavy atom. The van der Waals surface area contributed by atoms with E-state index in [9.17, 15) is 4.79 Å². The second-order valence-electron chi connectivity index (χ2n) is 2.08. The van der Waals surface area contributed by atoms with Crippen molar-refractivity contribution in [3.63, 3.8) is 0 Å². The van der Waals surface area contributed by atoms with E-state index in [-0.39, 0.29) is 5.69 Å². The van der Waals surface area contributed by atoms with Gasteiger partial charge in [0.1, 0.15) is 0 Å². The van der Waals surface area contributed by atoms with E-state index in [1.54, 1.807) is 17.6 Å². The van der Waals surface area contributed by atoms with E-state index in [0.29, 0.717) is 5.69 Å². The van der Waals surface area contributed by atoms with Crippen LogP contribution in [0.4, 0.5) is 0 Å². The molecule has 1 aromatic heterocycles. The molecule has 0 fully saturated rings. The van der Waals surface area contributed by atoms with Crippen LogP contribution in [0.25, 0.3) is 5.57 Å². The van der Waals surface area contributed by atoms with Gasteiger partial charge in [-0.15, -0.1) is 0 Å². The molecule has 0 bridgehead atoms. The Morgan fingerprint density at radius 2 is 2.50 bits per heavy atom. The zero-order valence-corrected chi connectivity index (χ0v) is 7.21. The molecule has 12 heavy (non-hydrogen) atoms.